The molecule has 0 atom stereocenters. The van der Waals surface area contributed by atoms with E-state index < -0.39 is 17.8 Å². The highest BCUT2D eigenvalue weighted by Gasteiger charge is 2.34. The molecular formula is C14H10F3N7O. The number of halogens is 3. The highest BCUT2D eigenvalue weighted by molar-refractivity contribution is 5.90. The molecule has 0 saturated carbocycles. The summed E-state index contributed by atoms with van der Waals surface area (Å²) >= 11 is 0. The van der Waals surface area contributed by atoms with Crippen molar-refractivity contribution in [1.29, 1.82) is 5.26 Å². The quantitative estimate of drug-likeness (QED) is 0.779. The first-order valence-electron chi connectivity index (χ1n) is 6.93. The molecule has 0 spiro atoms. The van der Waals surface area contributed by atoms with Crippen LogP contribution >= 0.6 is 0 Å². The van der Waals surface area contributed by atoms with Gasteiger partial charge in [0, 0.05) is 18.8 Å². The van der Waals surface area contributed by atoms with Crippen LogP contribution < -0.4 is 5.32 Å². The molecule has 25 heavy (non-hydrogen) atoms. The summed E-state index contributed by atoms with van der Waals surface area (Å²) in [5.41, 5.74) is 0.0833. The molecule has 0 unspecified atom stereocenters. The number of rotatable bonds is 3. The minimum atomic E-state index is -4.54. The van der Waals surface area contributed by atoms with Crippen LogP contribution in [-0.4, -0.2) is 30.3 Å². The zero-order valence-electron chi connectivity index (χ0n) is 12.7. The number of fused-ring (bicyclic) bond motifs is 1. The molecule has 8 nitrogen and oxygen atoms in total. The predicted octanol–water partition coefficient (Wildman–Crippen LogP) is 2.00. The van der Waals surface area contributed by atoms with Crippen molar-refractivity contribution in [3.05, 3.63) is 30.1 Å². The summed E-state index contributed by atoms with van der Waals surface area (Å²) in [4.78, 5) is 15.4. The number of anilines is 1. The van der Waals surface area contributed by atoms with E-state index in [9.17, 15) is 18.0 Å². The molecule has 0 bridgehead atoms. The predicted molar refractivity (Wildman–Crippen MR) is 79.1 cm³/mol. The van der Waals surface area contributed by atoms with E-state index in [1.54, 1.807) is 18.2 Å². The maximum Gasteiger partial charge on any atom is 0.435 e. The SMILES string of the molecule is Cn1nc(C(F)(F)F)cc1-c1ccc2nc(NC(=O)CC#N)nn2c1. The van der Waals surface area contributed by atoms with Crippen molar-refractivity contribution in [3.8, 4) is 17.3 Å². The van der Waals surface area contributed by atoms with Gasteiger partial charge < -0.3 is 0 Å². The van der Waals surface area contributed by atoms with Gasteiger partial charge in [0.1, 0.15) is 6.42 Å². The van der Waals surface area contributed by atoms with Gasteiger partial charge in [0.2, 0.25) is 11.9 Å². The number of carbonyl (C=O) groups is 1. The Kier molecular flexibility index (Phi) is 3.88. The minimum absolute atomic E-state index is 0.00149. The van der Waals surface area contributed by atoms with Gasteiger partial charge in [0.15, 0.2) is 11.3 Å². The van der Waals surface area contributed by atoms with Gasteiger partial charge in [-0.1, -0.05) is 0 Å². The average Bonchev–Trinajstić information content (AvgIpc) is 3.09. The Balaban J connectivity index is 1.95. The molecule has 1 amide bonds. The standard InChI is InChI=1S/C14H10F3N7O/c1-23-9(6-10(21-23)14(15,16)17)8-2-3-11-19-13(22-24(11)7-8)20-12(25)4-5-18/h2-3,6-7H,4H2,1H3,(H,20,22,25). The molecule has 0 radical (unpaired) electrons. The van der Waals surface area contributed by atoms with Crippen LogP contribution in [0, 0.1) is 11.3 Å². The van der Waals surface area contributed by atoms with Gasteiger partial charge in [0.25, 0.3) is 0 Å². The van der Waals surface area contributed by atoms with Gasteiger partial charge in [-0.3, -0.25) is 14.8 Å². The van der Waals surface area contributed by atoms with Gasteiger partial charge in [0.05, 0.1) is 11.8 Å². The molecule has 0 saturated heterocycles. The Morgan fingerprint density at radius 2 is 2.12 bits per heavy atom. The second-order valence-electron chi connectivity index (χ2n) is 5.08. The lowest BCUT2D eigenvalue weighted by molar-refractivity contribution is -0.141. The average molecular weight is 349 g/mol. The van der Waals surface area contributed by atoms with E-state index >= 15 is 0 Å². The van der Waals surface area contributed by atoms with Crippen LogP contribution in [0.2, 0.25) is 0 Å². The first-order valence-corrected chi connectivity index (χ1v) is 6.93. The smallest absolute Gasteiger partial charge is 0.292 e. The first kappa shape index (κ1) is 16.4. The lowest BCUT2D eigenvalue weighted by atomic mass is 10.2. The van der Waals surface area contributed by atoms with E-state index in [0.29, 0.717) is 11.2 Å². The summed E-state index contributed by atoms with van der Waals surface area (Å²) in [7, 11) is 1.41. The third-order valence-corrected chi connectivity index (χ3v) is 3.29. The number of aryl methyl sites for hydroxylation is 1. The molecular weight excluding hydrogens is 339 g/mol. The molecule has 3 aromatic heterocycles. The monoisotopic (exact) mass is 349 g/mol. The number of carbonyl (C=O) groups excluding carboxylic acids is 1. The van der Waals surface area contributed by atoms with Crippen molar-refractivity contribution in [2.75, 3.05) is 5.32 Å². The summed E-state index contributed by atoms with van der Waals surface area (Å²) < 4.78 is 40.8. The van der Waals surface area contributed by atoms with E-state index in [1.165, 1.54) is 17.8 Å². The van der Waals surface area contributed by atoms with Crippen LogP contribution in [0.4, 0.5) is 19.1 Å². The fourth-order valence-electron chi connectivity index (χ4n) is 2.20. The van der Waals surface area contributed by atoms with Crippen LogP contribution in [0.5, 0.6) is 0 Å². The molecule has 128 valence electrons. The van der Waals surface area contributed by atoms with Crippen molar-refractivity contribution in [1.82, 2.24) is 24.4 Å². The Morgan fingerprint density at radius 1 is 1.36 bits per heavy atom. The van der Waals surface area contributed by atoms with Crippen molar-refractivity contribution < 1.29 is 18.0 Å². The second-order valence-corrected chi connectivity index (χ2v) is 5.08. The third kappa shape index (κ3) is 3.27. The lowest BCUT2D eigenvalue weighted by Crippen LogP contribution is -2.11. The van der Waals surface area contributed by atoms with E-state index in [0.717, 1.165) is 10.7 Å². The number of nitriles is 1. The van der Waals surface area contributed by atoms with Crippen molar-refractivity contribution in [3.63, 3.8) is 0 Å². The Morgan fingerprint density at radius 3 is 2.76 bits per heavy atom. The van der Waals surface area contributed by atoms with Gasteiger partial charge in [-0.15, -0.1) is 5.10 Å². The van der Waals surface area contributed by atoms with E-state index in [4.69, 9.17) is 5.26 Å². The molecule has 0 aliphatic rings. The fourth-order valence-corrected chi connectivity index (χ4v) is 2.20. The Bertz CT molecular complexity index is 996. The van der Waals surface area contributed by atoms with Crippen LogP contribution in [0.3, 0.4) is 0 Å². The molecule has 3 aromatic rings. The van der Waals surface area contributed by atoms with Crippen molar-refractivity contribution in [2.45, 2.75) is 12.6 Å². The summed E-state index contributed by atoms with van der Waals surface area (Å²) in [6.07, 6.45) is -3.40. The molecule has 1 N–H and O–H groups in total. The highest BCUT2D eigenvalue weighted by Crippen LogP contribution is 2.31. The maximum absolute atomic E-state index is 12.8. The summed E-state index contributed by atoms with van der Waals surface area (Å²) in [5, 5.41) is 18.3. The van der Waals surface area contributed by atoms with Crippen molar-refractivity contribution in [2.24, 2.45) is 7.05 Å². The summed E-state index contributed by atoms with van der Waals surface area (Å²) in [5.74, 6) is -0.557. The number of hydrogen-bond donors (Lipinski definition) is 1. The van der Waals surface area contributed by atoms with Gasteiger partial charge in [-0.05, 0) is 18.2 Å². The zero-order chi connectivity index (χ0) is 18.2. The zero-order valence-corrected chi connectivity index (χ0v) is 12.7. The number of hydrogen-bond acceptors (Lipinski definition) is 5. The molecule has 0 fully saturated rings. The summed E-state index contributed by atoms with van der Waals surface area (Å²) in [6.45, 7) is 0. The number of pyridine rings is 1. The molecule has 0 aliphatic carbocycles. The molecule has 3 heterocycles. The van der Waals surface area contributed by atoms with Gasteiger partial charge >= 0.3 is 6.18 Å². The number of aromatic nitrogens is 5. The Labute approximate surface area is 138 Å². The van der Waals surface area contributed by atoms with E-state index in [2.05, 4.69) is 20.5 Å². The third-order valence-electron chi connectivity index (χ3n) is 3.29. The molecule has 3 rings (SSSR count). The molecule has 0 aliphatic heterocycles. The molecule has 11 heteroatoms. The number of alkyl halides is 3. The van der Waals surface area contributed by atoms with Crippen LogP contribution in [0.25, 0.3) is 16.9 Å². The normalized spacial score (nSPS) is 11.5. The van der Waals surface area contributed by atoms with Crippen molar-refractivity contribution >= 4 is 17.5 Å². The Hall–Kier alpha value is -3.42. The van der Waals surface area contributed by atoms with Crippen LogP contribution in [0.1, 0.15) is 12.1 Å². The van der Waals surface area contributed by atoms with Gasteiger partial charge in [-0.2, -0.15) is 28.5 Å². The number of nitrogens with zero attached hydrogens (tertiary/aromatic N) is 6. The minimum Gasteiger partial charge on any atom is -0.292 e. The van der Waals surface area contributed by atoms with E-state index in [-0.39, 0.29) is 18.1 Å². The van der Waals surface area contributed by atoms with Gasteiger partial charge in [-0.25, -0.2) is 4.52 Å². The lowest BCUT2D eigenvalue weighted by Gasteiger charge is -2.01. The largest absolute Gasteiger partial charge is 0.435 e. The first-order chi connectivity index (χ1) is 11.8. The number of amides is 1. The van der Waals surface area contributed by atoms with Crippen LogP contribution in [-0.2, 0) is 18.0 Å². The highest BCUT2D eigenvalue weighted by atomic mass is 19.4. The second kappa shape index (κ2) is 5.90. The maximum atomic E-state index is 12.8. The number of nitrogens with one attached hydrogen (secondary N) is 1. The fraction of sp³-hybridized carbons (Fsp3) is 0.214. The topological polar surface area (TPSA) is 101 Å². The van der Waals surface area contributed by atoms with E-state index in [1.807, 2.05) is 0 Å². The molecule has 0 aromatic carbocycles. The summed E-state index contributed by atoms with van der Waals surface area (Å²) in [6, 6.07) is 5.75. The van der Waals surface area contributed by atoms with Crippen LogP contribution in [0.15, 0.2) is 24.4 Å².